The van der Waals surface area contributed by atoms with Gasteiger partial charge in [-0.05, 0) is 18.2 Å². The Morgan fingerprint density at radius 2 is 2.07 bits per heavy atom. The van der Waals surface area contributed by atoms with Gasteiger partial charge in [0, 0.05) is 10.4 Å². The average Bonchev–Trinajstić information content (AvgIpc) is 2.20. The van der Waals surface area contributed by atoms with E-state index in [0.29, 0.717) is 26.9 Å². The molecule has 0 bridgehead atoms. The maximum atomic E-state index is 8.53. The van der Waals surface area contributed by atoms with Crippen LogP contribution in [0.25, 0.3) is 10.9 Å². The molecule has 5 heteroatoms. The zero-order valence-corrected chi connectivity index (χ0v) is 9.05. The molecular weight excluding hydrogens is 233 g/mol. The molecule has 0 radical (unpaired) electrons. The van der Waals surface area contributed by atoms with E-state index in [1.54, 1.807) is 18.2 Å². The molecular formula is C10H5Cl2N3. The van der Waals surface area contributed by atoms with Crippen molar-refractivity contribution in [1.82, 2.24) is 9.97 Å². The number of benzene rings is 1. The summed E-state index contributed by atoms with van der Waals surface area (Å²) < 4.78 is 0. The highest BCUT2D eigenvalue weighted by molar-refractivity contribution is 6.35. The second-order valence-electron chi connectivity index (χ2n) is 2.93. The number of aromatic nitrogens is 2. The number of rotatable bonds is 1. The molecule has 1 heterocycles. The molecule has 15 heavy (non-hydrogen) atoms. The first-order chi connectivity index (χ1) is 7.20. The predicted octanol–water partition coefficient (Wildman–Crippen LogP) is 3.00. The molecule has 0 N–H and O–H groups in total. The van der Waals surface area contributed by atoms with Crippen molar-refractivity contribution in [3.63, 3.8) is 0 Å². The molecule has 2 rings (SSSR count). The van der Waals surface area contributed by atoms with Crippen molar-refractivity contribution in [3.8, 4) is 6.07 Å². The van der Waals surface area contributed by atoms with Crippen LogP contribution in [0.4, 0.5) is 0 Å². The van der Waals surface area contributed by atoms with Gasteiger partial charge >= 0.3 is 0 Å². The molecule has 0 aliphatic carbocycles. The van der Waals surface area contributed by atoms with E-state index in [2.05, 4.69) is 9.97 Å². The van der Waals surface area contributed by atoms with Crippen LogP contribution < -0.4 is 0 Å². The van der Waals surface area contributed by atoms with Crippen molar-refractivity contribution < 1.29 is 0 Å². The monoisotopic (exact) mass is 237 g/mol. The first-order valence-electron chi connectivity index (χ1n) is 4.19. The molecule has 0 aliphatic rings. The fourth-order valence-electron chi connectivity index (χ4n) is 1.26. The van der Waals surface area contributed by atoms with Crippen LogP contribution in [0.5, 0.6) is 0 Å². The van der Waals surface area contributed by atoms with Gasteiger partial charge in [0.1, 0.15) is 11.0 Å². The highest BCUT2D eigenvalue weighted by atomic mass is 35.5. The Balaban J connectivity index is 2.68. The zero-order valence-electron chi connectivity index (χ0n) is 7.54. The first-order valence-corrected chi connectivity index (χ1v) is 4.95. The van der Waals surface area contributed by atoms with E-state index in [0.717, 1.165) is 0 Å². The normalized spacial score (nSPS) is 10.2. The van der Waals surface area contributed by atoms with Crippen LogP contribution in [0.1, 0.15) is 5.82 Å². The van der Waals surface area contributed by atoms with Gasteiger partial charge in [0.2, 0.25) is 0 Å². The number of hydrogen-bond donors (Lipinski definition) is 0. The van der Waals surface area contributed by atoms with E-state index in [1.807, 2.05) is 6.07 Å². The van der Waals surface area contributed by atoms with E-state index in [-0.39, 0.29) is 6.42 Å². The van der Waals surface area contributed by atoms with E-state index >= 15 is 0 Å². The van der Waals surface area contributed by atoms with Crippen LogP contribution in [0, 0.1) is 11.3 Å². The largest absolute Gasteiger partial charge is 0.232 e. The van der Waals surface area contributed by atoms with Crippen molar-refractivity contribution in [2.24, 2.45) is 0 Å². The van der Waals surface area contributed by atoms with Crippen LogP contribution in [-0.4, -0.2) is 9.97 Å². The number of hydrogen-bond acceptors (Lipinski definition) is 3. The predicted molar refractivity (Wildman–Crippen MR) is 58.9 cm³/mol. The summed E-state index contributed by atoms with van der Waals surface area (Å²) in [5, 5.41) is 10.1. The third-order valence-corrected chi connectivity index (χ3v) is 2.42. The standard InChI is InChI=1S/C10H5Cl2N3/c11-6-1-2-8-7(5-6)10(12)15-9(14-8)3-4-13/h1-2,5H,3H2. The molecule has 1 aromatic carbocycles. The van der Waals surface area contributed by atoms with Gasteiger partial charge in [-0.2, -0.15) is 5.26 Å². The van der Waals surface area contributed by atoms with E-state index in [9.17, 15) is 0 Å². The molecule has 0 atom stereocenters. The lowest BCUT2D eigenvalue weighted by Crippen LogP contribution is -1.95. The number of nitrogens with zero attached hydrogens (tertiary/aromatic N) is 3. The van der Waals surface area contributed by atoms with E-state index in [1.165, 1.54) is 0 Å². The van der Waals surface area contributed by atoms with Crippen molar-refractivity contribution in [2.45, 2.75) is 6.42 Å². The van der Waals surface area contributed by atoms with Crippen molar-refractivity contribution in [3.05, 3.63) is 34.2 Å². The lowest BCUT2D eigenvalue weighted by atomic mass is 10.2. The van der Waals surface area contributed by atoms with Gasteiger partial charge in [0.25, 0.3) is 0 Å². The number of halogens is 2. The fourth-order valence-corrected chi connectivity index (χ4v) is 1.68. The molecule has 0 unspecified atom stereocenters. The Hall–Kier alpha value is -1.37. The van der Waals surface area contributed by atoms with Crippen molar-refractivity contribution in [2.75, 3.05) is 0 Å². The van der Waals surface area contributed by atoms with Gasteiger partial charge in [-0.25, -0.2) is 9.97 Å². The molecule has 1 aromatic heterocycles. The third-order valence-electron chi connectivity index (χ3n) is 1.89. The van der Waals surface area contributed by atoms with Crippen LogP contribution in [0.15, 0.2) is 18.2 Å². The zero-order chi connectivity index (χ0) is 10.8. The minimum atomic E-state index is 0.151. The Kier molecular flexibility index (Phi) is 2.72. The quantitative estimate of drug-likeness (QED) is 0.717. The smallest absolute Gasteiger partial charge is 0.144 e. The summed E-state index contributed by atoms with van der Waals surface area (Å²) in [6.07, 6.45) is 0.151. The van der Waals surface area contributed by atoms with Gasteiger partial charge in [0.15, 0.2) is 0 Å². The van der Waals surface area contributed by atoms with Crippen LogP contribution in [0.2, 0.25) is 10.2 Å². The molecule has 0 amide bonds. The molecule has 0 aliphatic heterocycles. The fraction of sp³-hybridized carbons (Fsp3) is 0.100. The minimum absolute atomic E-state index is 0.151. The Morgan fingerprint density at radius 3 is 2.80 bits per heavy atom. The minimum Gasteiger partial charge on any atom is -0.232 e. The molecule has 2 aromatic rings. The molecule has 74 valence electrons. The summed E-state index contributed by atoms with van der Waals surface area (Å²) >= 11 is 11.8. The summed E-state index contributed by atoms with van der Waals surface area (Å²) in [6, 6.07) is 7.16. The van der Waals surface area contributed by atoms with E-state index < -0.39 is 0 Å². The highest BCUT2D eigenvalue weighted by Gasteiger charge is 2.05. The lowest BCUT2D eigenvalue weighted by molar-refractivity contribution is 1.02. The summed E-state index contributed by atoms with van der Waals surface area (Å²) in [6.45, 7) is 0. The Morgan fingerprint density at radius 1 is 1.27 bits per heavy atom. The second-order valence-corrected chi connectivity index (χ2v) is 3.72. The maximum Gasteiger partial charge on any atom is 0.144 e. The van der Waals surface area contributed by atoms with Crippen LogP contribution >= 0.6 is 23.2 Å². The van der Waals surface area contributed by atoms with Gasteiger partial charge in [0.05, 0.1) is 18.0 Å². The molecule has 3 nitrogen and oxygen atoms in total. The summed E-state index contributed by atoms with van der Waals surface area (Å²) in [5.41, 5.74) is 0.699. The first kappa shape index (κ1) is 10.2. The Bertz CT molecular complexity index is 560. The molecule has 0 saturated heterocycles. The van der Waals surface area contributed by atoms with Crippen LogP contribution in [0.3, 0.4) is 0 Å². The maximum absolute atomic E-state index is 8.53. The third kappa shape index (κ3) is 2.01. The highest BCUT2D eigenvalue weighted by Crippen LogP contribution is 2.23. The Labute approximate surface area is 96.3 Å². The van der Waals surface area contributed by atoms with Gasteiger partial charge < -0.3 is 0 Å². The van der Waals surface area contributed by atoms with Crippen molar-refractivity contribution in [1.29, 1.82) is 5.26 Å². The molecule has 0 saturated carbocycles. The second kappa shape index (κ2) is 4.01. The van der Waals surface area contributed by atoms with E-state index in [4.69, 9.17) is 28.5 Å². The van der Waals surface area contributed by atoms with Gasteiger partial charge in [-0.1, -0.05) is 23.2 Å². The topological polar surface area (TPSA) is 49.6 Å². The number of nitriles is 1. The van der Waals surface area contributed by atoms with Crippen molar-refractivity contribution >= 4 is 34.1 Å². The molecule has 0 fully saturated rings. The summed E-state index contributed by atoms with van der Waals surface area (Å²) in [4.78, 5) is 8.20. The summed E-state index contributed by atoms with van der Waals surface area (Å²) in [7, 11) is 0. The average molecular weight is 238 g/mol. The van der Waals surface area contributed by atoms with Gasteiger partial charge in [-0.15, -0.1) is 0 Å². The SMILES string of the molecule is N#CCc1nc(Cl)c2cc(Cl)ccc2n1. The summed E-state index contributed by atoms with van der Waals surface area (Å²) in [5.74, 6) is 0.428. The molecule has 0 spiro atoms. The number of fused-ring (bicyclic) bond motifs is 1. The van der Waals surface area contributed by atoms with Crippen LogP contribution in [-0.2, 0) is 6.42 Å². The lowest BCUT2D eigenvalue weighted by Gasteiger charge is -2.01. The van der Waals surface area contributed by atoms with Gasteiger partial charge in [-0.3, -0.25) is 0 Å².